The van der Waals surface area contributed by atoms with Gasteiger partial charge in [0.05, 0.1) is 5.69 Å². The van der Waals surface area contributed by atoms with E-state index in [0.717, 1.165) is 60.9 Å². The lowest BCUT2D eigenvalue weighted by molar-refractivity contribution is 0.585. The van der Waals surface area contributed by atoms with Gasteiger partial charge in [0.15, 0.2) is 0 Å². The smallest absolute Gasteiger partial charge is 0.244 e. The van der Waals surface area contributed by atoms with Crippen LogP contribution in [0, 0.1) is 11.2 Å². The number of benzene rings is 1. The standard InChI is InChI=1S/C24H23FN8/c25-20-13-16(32-10-7-28-8-11-32)1-2-17(20)21-19-14-18(15-3-5-27-6-4-15)22-29-9-12-33(22)23(19)31-24(26)30-21/h1-6,13-14,26,28-29H,7-12H2. The van der Waals surface area contributed by atoms with E-state index in [2.05, 4.69) is 35.1 Å². The summed E-state index contributed by atoms with van der Waals surface area (Å²) in [7, 11) is 0. The second-order valence-corrected chi connectivity index (χ2v) is 8.26. The summed E-state index contributed by atoms with van der Waals surface area (Å²) in [5, 5.41) is 15.0. The molecule has 0 unspecified atom stereocenters. The SMILES string of the molecule is N=c1nc(-c2ccc(N3CCNCC3)cc2F)c2cc(-c3ccncc3)c3n(c-2n1)CCN3. The first kappa shape index (κ1) is 19.8. The number of aromatic nitrogens is 4. The van der Waals surface area contributed by atoms with Crippen molar-refractivity contribution in [2.75, 3.05) is 42.9 Å². The van der Waals surface area contributed by atoms with Gasteiger partial charge in [-0.05, 0) is 42.0 Å². The molecular formula is C24H23FN8. The largest absolute Gasteiger partial charge is 0.369 e. The molecule has 4 aliphatic rings. The van der Waals surface area contributed by atoms with Crippen LogP contribution in [0.1, 0.15) is 0 Å². The molecule has 1 fully saturated rings. The van der Waals surface area contributed by atoms with Crippen LogP contribution in [0.25, 0.3) is 33.8 Å². The normalized spacial score (nSPS) is 15.5. The van der Waals surface area contributed by atoms with Gasteiger partial charge in [0.1, 0.15) is 17.5 Å². The van der Waals surface area contributed by atoms with Crippen molar-refractivity contribution in [2.45, 2.75) is 6.54 Å². The van der Waals surface area contributed by atoms with Gasteiger partial charge in [-0.25, -0.2) is 9.37 Å². The maximum Gasteiger partial charge on any atom is 0.244 e. The molecule has 0 bridgehead atoms. The van der Waals surface area contributed by atoms with Crippen molar-refractivity contribution in [3.8, 4) is 33.8 Å². The van der Waals surface area contributed by atoms with Crippen LogP contribution in [0.3, 0.4) is 0 Å². The molecule has 0 aliphatic carbocycles. The highest BCUT2D eigenvalue weighted by atomic mass is 19.1. The molecule has 6 rings (SSSR count). The third-order valence-electron chi connectivity index (χ3n) is 6.30. The summed E-state index contributed by atoms with van der Waals surface area (Å²) in [5.41, 5.74) is 4.25. The van der Waals surface area contributed by atoms with E-state index in [1.54, 1.807) is 24.5 Å². The molecule has 9 heteroatoms. The van der Waals surface area contributed by atoms with E-state index >= 15 is 4.39 Å². The van der Waals surface area contributed by atoms with Gasteiger partial charge >= 0.3 is 0 Å². The Labute approximate surface area is 190 Å². The number of hydrogen-bond donors (Lipinski definition) is 3. The summed E-state index contributed by atoms with van der Waals surface area (Å²) in [5.74, 6) is 1.22. The van der Waals surface area contributed by atoms with Crippen LogP contribution >= 0.6 is 0 Å². The van der Waals surface area contributed by atoms with Crippen LogP contribution in [0.2, 0.25) is 0 Å². The number of nitrogens with one attached hydrogen (secondary N) is 3. The van der Waals surface area contributed by atoms with Crippen molar-refractivity contribution in [3.05, 3.63) is 60.2 Å². The van der Waals surface area contributed by atoms with Crippen LogP contribution in [0.15, 0.2) is 48.8 Å². The third kappa shape index (κ3) is 3.41. The van der Waals surface area contributed by atoms with Crippen molar-refractivity contribution < 1.29 is 4.39 Å². The Hall–Kier alpha value is -3.85. The van der Waals surface area contributed by atoms with Gasteiger partial charge in [0.2, 0.25) is 5.62 Å². The first-order chi connectivity index (χ1) is 16.2. The van der Waals surface area contributed by atoms with Gasteiger partial charge in [-0.15, -0.1) is 0 Å². The zero-order valence-electron chi connectivity index (χ0n) is 18.0. The average molecular weight is 443 g/mol. The molecule has 166 valence electrons. The number of fused-ring (bicyclic) bond motifs is 3. The third-order valence-corrected chi connectivity index (χ3v) is 6.30. The second kappa shape index (κ2) is 7.93. The van der Waals surface area contributed by atoms with Crippen molar-refractivity contribution in [1.82, 2.24) is 24.8 Å². The van der Waals surface area contributed by atoms with E-state index in [1.165, 1.54) is 0 Å². The summed E-state index contributed by atoms with van der Waals surface area (Å²) < 4.78 is 17.5. The molecule has 2 aromatic rings. The van der Waals surface area contributed by atoms with Gasteiger partial charge in [-0.3, -0.25) is 10.4 Å². The van der Waals surface area contributed by atoms with Gasteiger partial charge < -0.3 is 20.1 Å². The predicted molar refractivity (Wildman–Crippen MR) is 125 cm³/mol. The minimum Gasteiger partial charge on any atom is -0.369 e. The number of halogens is 1. The van der Waals surface area contributed by atoms with Gasteiger partial charge in [0.25, 0.3) is 0 Å². The summed E-state index contributed by atoms with van der Waals surface area (Å²) in [6, 6.07) is 11.2. The Morgan fingerprint density at radius 1 is 0.879 bits per heavy atom. The molecule has 33 heavy (non-hydrogen) atoms. The molecule has 1 aromatic carbocycles. The summed E-state index contributed by atoms with van der Waals surface area (Å²) in [6.45, 7) is 4.93. The summed E-state index contributed by atoms with van der Waals surface area (Å²) >= 11 is 0. The van der Waals surface area contributed by atoms with Gasteiger partial charge in [-0.2, -0.15) is 4.98 Å². The first-order valence-corrected chi connectivity index (χ1v) is 11.1. The van der Waals surface area contributed by atoms with E-state index in [4.69, 9.17) is 5.41 Å². The quantitative estimate of drug-likeness (QED) is 0.452. The lowest BCUT2D eigenvalue weighted by Crippen LogP contribution is -2.43. The number of hydrogen-bond acceptors (Lipinski definition) is 7. The number of nitrogens with zero attached hydrogens (tertiary/aromatic N) is 5. The monoisotopic (exact) mass is 442 g/mol. The van der Waals surface area contributed by atoms with Crippen LogP contribution in [-0.2, 0) is 6.54 Å². The lowest BCUT2D eigenvalue weighted by Gasteiger charge is -2.29. The highest BCUT2D eigenvalue weighted by Gasteiger charge is 2.26. The van der Waals surface area contributed by atoms with E-state index in [0.29, 0.717) is 23.6 Å². The van der Waals surface area contributed by atoms with Crippen molar-refractivity contribution in [1.29, 1.82) is 5.41 Å². The highest BCUT2D eigenvalue weighted by molar-refractivity contribution is 5.88. The molecule has 3 N–H and O–H groups in total. The Balaban J connectivity index is 1.54. The molecule has 5 heterocycles. The average Bonchev–Trinajstić information content (AvgIpc) is 3.35. The fraction of sp³-hybridized carbons (Fsp3) is 0.250. The molecule has 1 aromatic heterocycles. The summed E-state index contributed by atoms with van der Waals surface area (Å²) in [4.78, 5) is 15.1. The van der Waals surface area contributed by atoms with Gasteiger partial charge in [-0.1, -0.05) is 0 Å². The fourth-order valence-corrected chi connectivity index (χ4v) is 4.73. The van der Waals surface area contributed by atoms with Crippen LogP contribution in [0.4, 0.5) is 15.9 Å². The predicted octanol–water partition coefficient (Wildman–Crippen LogP) is 2.57. The Morgan fingerprint density at radius 3 is 2.48 bits per heavy atom. The number of piperazine rings is 1. The maximum atomic E-state index is 15.5. The summed E-state index contributed by atoms with van der Waals surface area (Å²) in [6.07, 6.45) is 3.51. The van der Waals surface area contributed by atoms with Crippen molar-refractivity contribution in [3.63, 3.8) is 0 Å². The fourth-order valence-electron chi connectivity index (χ4n) is 4.73. The van der Waals surface area contributed by atoms with E-state index in [-0.39, 0.29) is 11.4 Å². The zero-order chi connectivity index (χ0) is 22.4. The zero-order valence-corrected chi connectivity index (χ0v) is 18.0. The van der Waals surface area contributed by atoms with Crippen LogP contribution in [-0.4, -0.2) is 52.2 Å². The lowest BCUT2D eigenvalue weighted by atomic mass is 9.99. The first-order valence-electron chi connectivity index (χ1n) is 11.1. The molecular weight excluding hydrogens is 419 g/mol. The number of rotatable bonds is 3. The maximum absolute atomic E-state index is 15.5. The Morgan fingerprint density at radius 2 is 1.70 bits per heavy atom. The molecule has 4 aliphatic heterocycles. The molecule has 0 spiro atoms. The van der Waals surface area contributed by atoms with Crippen LogP contribution in [0.5, 0.6) is 0 Å². The van der Waals surface area contributed by atoms with Gasteiger partial charge in [0, 0.05) is 74.0 Å². The minimum absolute atomic E-state index is 0.124. The van der Waals surface area contributed by atoms with Crippen molar-refractivity contribution in [2.24, 2.45) is 0 Å². The van der Waals surface area contributed by atoms with Crippen LogP contribution < -0.4 is 21.2 Å². The van der Waals surface area contributed by atoms with E-state index in [9.17, 15) is 0 Å². The molecule has 1 saturated heterocycles. The molecule has 0 saturated carbocycles. The topological polar surface area (TPSA) is 94.8 Å². The minimum atomic E-state index is -0.348. The molecule has 0 radical (unpaired) electrons. The highest BCUT2D eigenvalue weighted by Crippen LogP contribution is 2.40. The number of pyridine rings is 2. The Kier molecular flexibility index (Phi) is 4.76. The van der Waals surface area contributed by atoms with Crippen molar-refractivity contribution >= 4 is 11.5 Å². The second-order valence-electron chi connectivity index (χ2n) is 8.26. The number of anilines is 2. The molecule has 8 nitrogen and oxygen atoms in total. The van der Waals surface area contributed by atoms with E-state index in [1.807, 2.05) is 24.3 Å². The molecule has 0 amide bonds. The van der Waals surface area contributed by atoms with E-state index < -0.39 is 0 Å². The Bertz CT molecular complexity index is 1360. The molecule has 0 atom stereocenters.